The number of benzene rings is 1. The van der Waals surface area contributed by atoms with Crippen molar-refractivity contribution in [1.82, 2.24) is 20.4 Å². The fraction of sp³-hybridized carbons (Fsp3) is 0.524. The Hall–Kier alpha value is -2.94. The van der Waals surface area contributed by atoms with Crippen molar-refractivity contribution in [2.24, 2.45) is 13.0 Å². The number of aryl methyl sites for hydroxylation is 1. The van der Waals surface area contributed by atoms with E-state index in [0.717, 1.165) is 30.2 Å². The molecule has 0 radical (unpaired) electrons. The smallest absolute Gasteiger partial charge is 0.257 e. The largest absolute Gasteiger partial charge is 0.484 e. The summed E-state index contributed by atoms with van der Waals surface area (Å²) in [6.45, 7) is 0.452. The van der Waals surface area contributed by atoms with Gasteiger partial charge in [-0.15, -0.1) is 0 Å². The number of imide groups is 1. The first kappa shape index (κ1) is 20.3. The highest BCUT2D eigenvalue weighted by Gasteiger charge is 2.31. The van der Waals surface area contributed by atoms with E-state index < -0.39 is 5.92 Å². The molecule has 3 N–H and O–H groups in total. The number of nitrogens with zero attached hydrogens (tertiary/aromatic N) is 2. The number of carbonyl (C=O) groups is 3. The molecule has 1 saturated carbocycles. The van der Waals surface area contributed by atoms with E-state index in [1.54, 1.807) is 23.9 Å². The Morgan fingerprint density at radius 3 is 2.90 bits per heavy atom. The van der Waals surface area contributed by atoms with Crippen molar-refractivity contribution in [2.45, 2.75) is 44.1 Å². The summed E-state index contributed by atoms with van der Waals surface area (Å²) < 4.78 is 7.30. The van der Waals surface area contributed by atoms with Crippen molar-refractivity contribution >= 4 is 28.6 Å². The van der Waals surface area contributed by atoms with Crippen molar-refractivity contribution in [2.75, 3.05) is 13.2 Å². The third-order valence-electron chi connectivity index (χ3n) is 5.89. The molecule has 160 valence electrons. The number of aliphatic hydroxyl groups is 1. The molecule has 1 aromatic carbocycles. The Bertz CT molecular complexity index is 985. The molecule has 2 aliphatic rings. The van der Waals surface area contributed by atoms with Crippen LogP contribution in [0.4, 0.5) is 0 Å². The molecule has 1 saturated heterocycles. The van der Waals surface area contributed by atoms with Gasteiger partial charge in [-0.25, -0.2) is 0 Å². The highest BCUT2D eigenvalue weighted by atomic mass is 16.5. The standard InChI is InChI=1S/C21H26N4O5/c1-25-17-9-14(30-11-19(28)22-10-12-2-3-13(26)8-12)4-5-15(17)20(24-25)16-6-7-18(27)23-21(16)29/h4-5,9,12-13,16,26H,2-3,6-8,10-11H2,1H3,(H,22,28)(H,23,27,29). The van der Waals surface area contributed by atoms with Crippen LogP contribution in [-0.2, 0) is 21.4 Å². The van der Waals surface area contributed by atoms with E-state index in [-0.39, 0.29) is 30.4 Å². The first-order valence-electron chi connectivity index (χ1n) is 10.3. The highest BCUT2D eigenvalue weighted by Crippen LogP contribution is 2.32. The third-order valence-corrected chi connectivity index (χ3v) is 5.89. The zero-order valence-corrected chi connectivity index (χ0v) is 16.9. The average Bonchev–Trinajstić information content (AvgIpc) is 3.28. The summed E-state index contributed by atoms with van der Waals surface area (Å²) in [7, 11) is 1.78. The van der Waals surface area contributed by atoms with Crippen molar-refractivity contribution in [3.05, 3.63) is 23.9 Å². The maximum Gasteiger partial charge on any atom is 0.257 e. The monoisotopic (exact) mass is 414 g/mol. The number of piperidine rings is 1. The second-order valence-electron chi connectivity index (χ2n) is 8.12. The molecule has 9 nitrogen and oxygen atoms in total. The SMILES string of the molecule is Cn1nc(C2CCC(=O)NC2=O)c2ccc(OCC(=O)NCC3CCC(O)C3)cc21. The lowest BCUT2D eigenvalue weighted by atomic mass is 9.93. The van der Waals surface area contributed by atoms with Crippen LogP contribution in [0.15, 0.2) is 18.2 Å². The molecular weight excluding hydrogens is 388 g/mol. The summed E-state index contributed by atoms with van der Waals surface area (Å²) in [5.41, 5.74) is 1.42. The summed E-state index contributed by atoms with van der Waals surface area (Å²) in [5, 5.41) is 20.1. The predicted octanol–water partition coefficient (Wildman–Crippen LogP) is 0.749. The van der Waals surface area contributed by atoms with E-state index in [2.05, 4.69) is 15.7 Å². The van der Waals surface area contributed by atoms with E-state index in [1.807, 2.05) is 6.07 Å². The first-order valence-corrected chi connectivity index (χ1v) is 10.3. The van der Waals surface area contributed by atoms with E-state index in [0.29, 0.717) is 36.7 Å². The number of carbonyl (C=O) groups excluding carboxylic acids is 3. The molecule has 3 amide bonds. The summed E-state index contributed by atoms with van der Waals surface area (Å²) >= 11 is 0. The Balaban J connectivity index is 1.39. The number of rotatable bonds is 6. The minimum Gasteiger partial charge on any atom is -0.484 e. The fourth-order valence-electron chi connectivity index (χ4n) is 4.26. The van der Waals surface area contributed by atoms with Crippen LogP contribution < -0.4 is 15.4 Å². The van der Waals surface area contributed by atoms with Gasteiger partial charge < -0.3 is 15.2 Å². The quantitative estimate of drug-likeness (QED) is 0.600. The second-order valence-corrected chi connectivity index (χ2v) is 8.12. The number of hydrogen-bond donors (Lipinski definition) is 3. The summed E-state index contributed by atoms with van der Waals surface area (Å²) in [6.07, 6.45) is 2.93. The third kappa shape index (κ3) is 4.30. The number of amides is 3. The minimum absolute atomic E-state index is 0.0986. The maximum absolute atomic E-state index is 12.2. The molecule has 1 aliphatic carbocycles. The molecule has 0 spiro atoms. The minimum atomic E-state index is -0.460. The van der Waals surface area contributed by atoms with Gasteiger partial charge in [0.05, 0.1) is 23.2 Å². The Morgan fingerprint density at radius 1 is 1.33 bits per heavy atom. The zero-order chi connectivity index (χ0) is 21.3. The number of ether oxygens (including phenoxy) is 1. The van der Waals surface area contributed by atoms with Gasteiger partial charge in [-0.3, -0.25) is 24.4 Å². The molecular formula is C21H26N4O5. The van der Waals surface area contributed by atoms with Crippen LogP contribution in [-0.4, -0.2) is 51.9 Å². The van der Waals surface area contributed by atoms with Gasteiger partial charge in [0.15, 0.2) is 6.61 Å². The van der Waals surface area contributed by atoms with Crippen LogP contribution in [0.25, 0.3) is 10.9 Å². The number of nitrogens with one attached hydrogen (secondary N) is 2. The van der Waals surface area contributed by atoms with Gasteiger partial charge in [0.2, 0.25) is 11.8 Å². The molecule has 30 heavy (non-hydrogen) atoms. The zero-order valence-electron chi connectivity index (χ0n) is 16.9. The molecule has 3 unspecified atom stereocenters. The Kier molecular flexibility index (Phi) is 5.72. The van der Waals surface area contributed by atoms with Crippen molar-refractivity contribution in [3.8, 4) is 5.75 Å². The number of aromatic nitrogens is 2. The number of fused-ring (bicyclic) bond motifs is 1. The fourth-order valence-corrected chi connectivity index (χ4v) is 4.26. The first-order chi connectivity index (χ1) is 14.4. The lowest BCUT2D eigenvalue weighted by Crippen LogP contribution is -2.39. The Morgan fingerprint density at radius 2 is 2.17 bits per heavy atom. The second kappa shape index (κ2) is 8.43. The lowest BCUT2D eigenvalue weighted by molar-refractivity contribution is -0.134. The summed E-state index contributed by atoms with van der Waals surface area (Å²) in [5.74, 6) is -0.386. The summed E-state index contributed by atoms with van der Waals surface area (Å²) in [6, 6.07) is 5.37. The van der Waals surface area contributed by atoms with E-state index >= 15 is 0 Å². The van der Waals surface area contributed by atoms with Crippen LogP contribution in [0.3, 0.4) is 0 Å². The molecule has 2 heterocycles. The van der Waals surface area contributed by atoms with Crippen LogP contribution in [0.1, 0.15) is 43.7 Å². The topological polar surface area (TPSA) is 123 Å². The maximum atomic E-state index is 12.2. The molecule has 4 rings (SSSR count). The van der Waals surface area contributed by atoms with Gasteiger partial charge in [0.25, 0.3) is 5.91 Å². The van der Waals surface area contributed by atoms with Gasteiger partial charge in [-0.1, -0.05) is 0 Å². The van der Waals surface area contributed by atoms with Crippen molar-refractivity contribution in [3.63, 3.8) is 0 Å². The van der Waals surface area contributed by atoms with E-state index in [4.69, 9.17) is 4.74 Å². The number of hydrogen-bond acceptors (Lipinski definition) is 6. The van der Waals surface area contributed by atoms with Crippen molar-refractivity contribution in [1.29, 1.82) is 0 Å². The van der Waals surface area contributed by atoms with Crippen molar-refractivity contribution < 1.29 is 24.2 Å². The normalized spacial score (nSPS) is 24.1. The highest BCUT2D eigenvalue weighted by molar-refractivity contribution is 6.02. The number of aliphatic hydroxyl groups excluding tert-OH is 1. The van der Waals surface area contributed by atoms with E-state index in [1.165, 1.54) is 0 Å². The van der Waals surface area contributed by atoms with Gasteiger partial charge in [-0.2, -0.15) is 5.10 Å². The Labute approximate surface area is 173 Å². The molecule has 3 atom stereocenters. The molecule has 1 aliphatic heterocycles. The van der Waals surface area contributed by atoms with Crippen LogP contribution >= 0.6 is 0 Å². The molecule has 0 bridgehead atoms. The molecule has 9 heteroatoms. The van der Waals surface area contributed by atoms with Gasteiger partial charge in [0, 0.05) is 31.5 Å². The average molecular weight is 414 g/mol. The lowest BCUT2D eigenvalue weighted by Gasteiger charge is -2.19. The summed E-state index contributed by atoms with van der Waals surface area (Å²) in [4.78, 5) is 35.7. The molecule has 2 aromatic rings. The van der Waals surface area contributed by atoms with Gasteiger partial charge in [-0.05, 0) is 43.7 Å². The van der Waals surface area contributed by atoms with Gasteiger partial charge in [0.1, 0.15) is 5.75 Å². The van der Waals surface area contributed by atoms with Crippen LogP contribution in [0, 0.1) is 5.92 Å². The van der Waals surface area contributed by atoms with Crippen LogP contribution in [0.5, 0.6) is 5.75 Å². The molecule has 1 aromatic heterocycles. The molecule has 2 fully saturated rings. The van der Waals surface area contributed by atoms with Gasteiger partial charge >= 0.3 is 0 Å². The van der Waals surface area contributed by atoms with E-state index in [9.17, 15) is 19.5 Å². The predicted molar refractivity (Wildman–Crippen MR) is 108 cm³/mol. The van der Waals surface area contributed by atoms with Crippen LogP contribution in [0.2, 0.25) is 0 Å².